The molecule has 22 heavy (non-hydrogen) atoms. The van der Waals surface area contributed by atoms with E-state index in [0.29, 0.717) is 5.38 Å². The number of rotatable bonds is 6. The lowest BCUT2D eigenvalue weighted by Gasteiger charge is -2.50. The first kappa shape index (κ1) is 17.1. The molecule has 1 heteroatoms. The minimum Gasteiger partial charge on any atom is -0.123 e. The van der Waals surface area contributed by atoms with Gasteiger partial charge < -0.3 is 0 Å². The molecule has 0 saturated heterocycles. The number of hydrogen-bond acceptors (Lipinski definition) is 0. The summed E-state index contributed by atoms with van der Waals surface area (Å²) in [7, 11) is 0. The van der Waals surface area contributed by atoms with Crippen molar-refractivity contribution < 1.29 is 0 Å². The van der Waals surface area contributed by atoms with Crippen molar-refractivity contribution in [3.05, 3.63) is 0 Å². The zero-order valence-electron chi connectivity index (χ0n) is 14.7. The van der Waals surface area contributed by atoms with Crippen molar-refractivity contribution in [3.8, 4) is 0 Å². The SMILES string of the molecule is CCCCCCC[C@@H]1CCC2C(CCC3C[C@H](Cl)CCC32)C1. The Morgan fingerprint density at radius 2 is 1.41 bits per heavy atom. The van der Waals surface area contributed by atoms with Crippen molar-refractivity contribution in [3.63, 3.8) is 0 Å². The highest BCUT2D eigenvalue weighted by atomic mass is 35.5. The average molecular weight is 325 g/mol. The third kappa shape index (κ3) is 4.22. The Labute approximate surface area is 143 Å². The Hall–Kier alpha value is 0.290. The fourth-order valence-corrected chi connectivity index (χ4v) is 6.49. The van der Waals surface area contributed by atoms with Crippen LogP contribution in [-0.4, -0.2) is 5.38 Å². The zero-order valence-corrected chi connectivity index (χ0v) is 15.5. The van der Waals surface area contributed by atoms with Gasteiger partial charge in [0.25, 0.3) is 0 Å². The third-order valence-electron chi connectivity index (χ3n) is 7.30. The third-order valence-corrected chi connectivity index (χ3v) is 7.70. The molecule has 4 unspecified atom stereocenters. The van der Waals surface area contributed by atoms with E-state index in [0.717, 1.165) is 29.6 Å². The predicted molar refractivity (Wildman–Crippen MR) is 97.4 cm³/mol. The molecular weight excluding hydrogens is 288 g/mol. The molecule has 0 heterocycles. The predicted octanol–water partition coefficient (Wildman–Crippen LogP) is 7.20. The Balaban J connectivity index is 1.43. The van der Waals surface area contributed by atoms with Gasteiger partial charge in [0, 0.05) is 5.38 Å². The normalized spacial score (nSPS) is 41.7. The van der Waals surface area contributed by atoms with Gasteiger partial charge in [0.15, 0.2) is 0 Å². The maximum absolute atomic E-state index is 6.43. The highest BCUT2D eigenvalue weighted by molar-refractivity contribution is 6.20. The molecule has 0 bridgehead atoms. The lowest BCUT2D eigenvalue weighted by molar-refractivity contribution is 0.0110. The monoisotopic (exact) mass is 324 g/mol. The summed E-state index contributed by atoms with van der Waals surface area (Å²) in [5, 5.41) is 0.497. The molecule has 3 fully saturated rings. The van der Waals surface area contributed by atoms with E-state index in [1.165, 1.54) is 70.6 Å². The fraction of sp³-hybridized carbons (Fsp3) is 1.00. The Kier molecular flexibility index (Phi) is 6.54. The molecule has 0 spiro atoms. The smallest absolute Gasteiger partial charge is 0.0338 e. The van der Waals surface area contributed by atoms with Crippen LogP contribution in [0.15, 0.2) is 0 Å². The first-order chi connectivity index (χ1) is 10.8. The second kappa shape index (κ2) is 8.41. The molecule has 128 valence electrons. The average Bonchev–Trinajstić information content (AvgIpc) is 2.54. The highest BCUT2D eigenvalue weighted by Crippen LogP contribution is 2.53. The summed E-state index contributed by atoms with van der Waals surface area (Å²) in [6, 6.07) is 0. The van der Waals surface area contributed by atoms with E-state index < -0.39 is 0 Å². The topological polar surface area (TPSA) is 0 Å². The van der Waals surface area contributed by atoms with Crippen LogP contribution in [0.3, 0.4) is 0 Å². The van der Waals surface area contributed by atoms with Crippen LogP contribution in [0, 0.1) is 29.6 Å². The number of halogens is 1. The molecule has 3 aliphatic rings. The van der Waals surface area contributed by atoms with E-state index in [4.69, 9.17) is 11.6 Å². The van der Waals surface area contributed by atoms with E-state index in [1.54, 1.807) is 19.3 Å². The number of alkyl halides is 1. The minimum atomic E-state index is 0.497. The lowest BCUT2D eigenvalue weighted by Crippen LogP contribution is -2.41. The minimum absolute atomic E-state index is 0.497. The molecule has 0 radical (unpaired) electrons. The molecule has 3 rings (SSSR count). The molecule has 0 nitrogen and oxygen atoms in total. The van der Waals surface area contributed by atoms with Crippen LogP contribution in [0.25, 0.3) is 0 Å². The number of hydrogen-bond donors (Lipinski definition) is 0. The van der Waals surface area contributed by atoms with Crippen molar-refractivity contribution in [2.75, 3.05) is 0 Å². The Morgan fingerprint density at radius 1 is 0.727 bits per heavy atom. The van der Waals surface area contributed by atoms with Crippen LogP contribution in [0.2, 0.25) is 0 Å². The van der Waals surface area contributed by atoms with Crippen LogP contribution in [-0.2, 0) is 0 Å². The van der Waals surface area contributed by atoms with E-state index in [1.807, 2.05) is 0 Å². The quantitative estimate of drug-likeness (QED) is 0.358. The maximum atomic E-state index is 6.43. The molecule has 0 aliphatic heterocycles. The first-order valence-electron chi connectivity index (χ1n) is 10.4. The molecule has 6 atom stereocenters. The van der Waals surface area contributed by atoms with E-state index in [-0.39, 0.29) is 0 Å². The fourth-order valence-electron chi connectivity index (χ4n) is 6.13. The van der Waals surface area contributed by atoms with E-state index >= 15 is 0 Å². The summed E-state index contributed by atoms with van der Waals surface area (Å²) in [5.41, 5.74) is 0. The highest BCUT2D eigenvalue weighted by Gasteiger charge is 2.44. The lowest BCUT2D eigenvalue weighted by atomic mass is 9.56. The van der Waals surface area contributed by atoms with Crippen molar-refractivity contribution in [1.82, 2.24) is 0 Å². The van der Waals surface area contributed by atoms with Gasteiger partial charge in [-0.15, -0.1) is 11.6 Å². The van der Waals surface area contributed by atoms with Crippen LogP contribution in [0.4, 0.5) is 0 Å². The van der Waals surface area contributed by atoms with Gasteiger partial charge in [-0.3, -0.25) is 0 Å². The van der Waals surface area contributed by atoms with Gasteiger partial charge in [0.2, 0.25) is 0 Å². The molecular formula is C21H37Cl. The van der Waals surface area contributed by atoms with E-state index in [9.17, 15) is 0 Å². The Bertz CT molecular complexity index is 326. The molecule has 0 aromatic carbocycles. The molecule has 3 aliphatic carbocycles. The second-order valence-electron chi connectivity index (χ2n) is 8.72. The van der Waals surface area contributed by atoms with Gasteiger partial charge in [-0.25, -0.2) is 0 Å². The molecule has 0 N–H and O–H groups in total. The van der Waals surface area contributed by atoms with Gasteiger partial charge in [-0.1, -0.05) is 51.9 Å². The Morgan fingerprint density at radius 3 is 2.18 bits per heavy atom. The van der Waals surface area contributed by atoms with Crippen LogP contribution in [0.1, 0.15) is 96.8 Å². The molecule has 0 amide bonds. The van der Waals surface area contributed by atoms with Crippen LogP contribution >= 0.6 is 11.6 Å². The van der Waals surface area contributed by atoms with Gasteiger partial charge in [0.05, 0.1) is 0 Å². The molecule has 0 aromatic heterocycles. The van der Waals surface area contributed by atoms with Crippen LogP contribution in [0.5, 0.6) is 0 Å². The second-order valence-corrected chi connectivity index (χ2v) is 9.33. The standard InChI is InChI=1S/C21H37Cl/c1-2-3-4-5-6-7-16-8-12-20-17(14-16)9-10-18-15-19(22)11-13-21(18)20/h16-21H,2-15H2,1H3/t16-,17?,18?,19-,20?,21?/m1/s1. The summed E-state index contributed by atoms with van der Waals surface area (Å²) in [6.07, 6.45) is 20.6. The van der Waals surface area contributed by atoms with Crippen molar-refractivity contribution >= 4 is 11.6 Å². The van der Waals surface area contributed by atoms with Gasteiger partial charge in [-0.2, -0.15) is 0 Å². The largest absolute Gasteiger partial charge is 0.123 e. The summed E-state index contributed by atoms with van der Waals surface area (Å²) < 4.78 is 0. The van der Waals surface area contributed by atoms with Gasteiger partial charge >= 0.3 is 0 Å². The maximum Gasteiger partial charge on any atom is 0.0338 e. The summed E-state index contributed by atoms with van der Waals surface area (Å²) in [4.78, 5) is 0. The summed E-state index contributed by atoms with van der Waals surface area (Å²) in [5.74, 6) is 5.29. The summed E-state index contributed by atoms with van der Waals surface area (Å²) >= 11 is 6.43. The first-order valence-corrected chi connectivity index (χ1v) is 10.9. The van der Waals surface area contributed by atoms with Crippen molar-refractivity contribution in [2.45, 2.75) is 102 Å². The summed E-state index contributed by atoms with van der Waals surface area (Å²) in [6.45, 7) is 2.31. The molecule has 0 aromatic rings. The van der Waals surface area contributed by atoms with Gasteiger partial charge in [-0.05, 0) is 74.5 Å². The number of unbranched alkanes of at least 4 members (excludes halogenated alkanes) is 4. The van der Waals surface area contributed by atoms with E-state index in [2.05, 4.69) is 6.92 Å². The number of fused-ring (bicyclic) bond motifs is 3. The molecule has 3 saturated carbocycles. The zero-order chi connectivity index (χ0) is 15.4. The van der Waals surface area contributed by atoms with Crippen molar-refractivity contribution in [2.24, 2.45) is 29.6 Å². The van der Waals surface area contributed by atoms with Crippen LogP contribution < -0.4 is 0 Å². The van der Waals surface area contributed by atoms with Gasteiger partial charge in [0.1, 0.15) is 0 Å². The van der Waals surface area contributed by atoms with Crippen molar-refractivity contribution in [1.29, 1.82) is 0 Å².